The Bertz CT molecular complexity index is 1280. The normalized spacial score (nSPS) is 11.0. The molecule has 186 valence electrons. The van der Waals surface area contributed by atoms with E-state index in [4.69, 9.17) is 14.6 Å². The molecule has 0 saturated heterocycles. The molecule has 0 fully saturated rings. The van der Waals surface area contributed by atoms with Crippen LogP contribution in [0, 0.1) is 0 Å². The van der Waals surface area contributed by atoms with Crippen LogP contribution in [-0.2, 0) is 17.9 Å². The average Bonchev–Trinajstić information content (AvgIpc) is 3.28. The topological polar surface area (TPSA) is 79.1 Å². The average molecular weight is 485 g/mol. The molecule has 0 aliphatic heterocycles. The highest BCUT2D eigenvalue weighted by Gasteiger charge is 2.27. The highest BCUT2D eigenvalue weighted by Crippen LogP contribution is 2.35. The molecule has 0 aliphatic carbocycles. The van der Waals surface area contributed by atoms with E-state index in [1.807, 2.05) is 31.2 Å². The molecule has 0 radical (unpaired) electrons. The number of ether oxygens (including phenoxy) is 2. The van der Waals surface area contributed by atoms with Gasteiger partial charge in [-0.05, 0) is 54.2 Å². The van der Waals surface area contributed by atoms with Crippen LogP contribution in [0.25, 0.3) is 22.5 Å². The summed E-state index contributed by atoms with van der Waals surface area (Å²) in [4.78, 5) is 21.4. The van der Waals surface area contributed by atoms with E-state index >= 15 is 0 Å². The molecule has 7 nitrogen and oxygen atoms in total. The standard InChI is InChI=1S/C29H32N4O3/c1-5-17-33-28(29(34)35-6-2)26(27(32-33)25-15-16-30-19-31-25)23-11-13-24(14-12-23)36-18-21-7-9-22(10-8-21)20(3)4/h7-16,19-20H,5-6,17-18H2,1-4H3. The minimum Gasteiger partial charge on any atom is -0.489 e. The molecule has 0 bridgehead atoms. The Morgan fingerprint density at radius 1 is 1.00 bits per heavy atom. The van der Waals surface area contributed by atoms with Crippen molar-refractivity contribution in [2.45, 2.75) is 53.2 Å². The molecule has 0 N–H and O–H groups in total. The zero-order valence-electron chi connectivity index (χ0n) is 21.3. The number of esters is 1. The molecule has 0 unspecified atom stereocenters. The van der Waals surface area contributed by atoms with Gasteiger partial charge in [-0.2, -0.15) is 5.10 Å². The van der Waals surface area contributed by atoms with Gasteiger partial charge < -0.3 is 9.47 Å². The fourth-order valence-electron chi connectivity index (χ4n) is 4.01. The summed E-state index contributed by atoms with van der Waals surface area (Å²) in [6, 6.07) is 18.0. The lowest BCUT2D eigenvalue weighted by molar-refractivity contribution is 0.0512. The molecule has 7 heteroatoms. The number of hydrogen-bond acceptors (Lipinski definition) is 6. The molecule has 0 aliphatic rings. The first-order valence-electron chi connectivity index (χ1n) is 12.4. The third-order valence-electron chi connectivity index (χ3n) is 5.88. The van der Waals surface area contributed by atoms with Gasteiger partial charge in [-0.25, -0.2) is 14.8 Å². The first-order chi connectivity index (χ1) is 17.5. The molecule has 2 aromatic heterocycles. The van der Waals surface area contributed by atoms with Crippen molar-refractivity contribution in [2.24, 2.45) is 0 Å². The Labute approximate surface area is 212 Å². The van der Waals surface area contributed by atoms with Gasteiger partial charge in [0.25, 0.3) is 0 Å². The second kappa shape index (κ2) is 11.6. The van der Waals surface area contributed by atoms with Crippen molar-refractivity contribution < 1.29 is 14.3 Å². The van der Waals surface area contributed by atoms with Crippen LogP contribution < -0.4 is 4.74 Å². The lowest BCUT2D eigenvalue weighted by atomic mass is 10.0. The second-order valence-electron chi connectivity index (χ2n) is 8.82. The fourth-order valence-corrected chi connectivity index (χ4v) is 4.01. The zero-order chi connectivity index (χ0) is 25.5. The molecule has 2 heterocycles. The number of carbonyl (C=O) groups is 1. The molecule has 0 atom stereocenters. The van der Waals surface area contributed by atoms with Crippen molar-refractivity contribution in [1.82, 2.24) is 19.7 Å². The van der Waals surface area contributed by atoms with Crippen LogP contribution in [0.2, 0.25) is 0 Å². The van der Waals surface area contributed by atoms with E-state index < -0.39 is 5.97 Å². The van der Waals surface area contributed by atoms with Crippen molar-refractivity contribution in [2.75, 3.05) is 6.61 Å². The first kappa shape index (κ1) is 25.1. The molecule has 4 aromatic rings. The lowest BCUT2D eigenvalue weighted by Crippen LogP contribution is -2.14. The van der Waals surface area contributed by atoms with Gasteiger partial charge in [-0.1, -0.05) is 57.2 Å². The summed E-state index contributed by atoms with van der Waals surface area (Å²) in [5.74, 6) is 0.841. The van der Waals surface area contributed by atoms with E-state index in [1.165, 1.54) is 11.9 Å². The summed E-state index contributed by atoms with van der Waals surface area (Å²) in [6.45, 7) is 9.55. The second-order valence-corrected chi connectivity index (χ2v) is 8.82. The fraction of sp³-hybridized carbons (Fsp3) is 0.310. The number of aryl methyl sites for hydroxylation is 1. The predicted octanol–water partition coefficient (Wildman–Crippen LogP) is 6.30. The van der Waals surface area contributed by atoms with Crippen LogP contribution in [0.5, 0.6) is 5.75 Å². The van der Waals surface area contributed by atoms with Crippen LogP contribution in [0.1, 0.15) is 61.6 Å². The summed E-state index contributed by atoms with van der Waals surface area (Å²) in [6.07, 6.45) is 3.97. The Balaban J connectivity index is 1.66. The van der Waals surface area contributed by atoms with E-state index in [2.05, 4.69) is 48.1 Å². The van der Waals surface area contributed by atoms with E-state index in [-0.39, 0.29) is 6.61 Å². The SMILES string of the molecule is CCCn1nc(-c2ccncn2)c(-c2ccc(OCc3ccc(C(C)C)cc3)cc2)c1C(=O)OCC. The van der Waals surface area contributed by atoms with Crippen molar-refractivity contribution in [1.29, 1.82) is 0 Å². The highest BCUT2D eigenvalue weighted by atomic mass is 16.5. The van der Waals surface area contributed by atoms with Crippen molar-refractivity contribution >= 4 is 5.97 Å². The Morgan fingerprint density at radius 3 is 2.36 bits per heavy atom. The maximum atomic E-state index is 13.0. The lowest BCUT2D eigenvalue weighted by Gasteiger charge is -2.11. The predicted molar refractivity (Wildman–Crippen MR) is 140 cm³/mol. The Hall–Kier alpha value is -4.00. The maximum Gasteiger partial charge on any atom is 0.357 e. The van der Waals surface area contributed by atoms with Gasteiger partial charge in [-0.15, -0.1) is 0 Å². The molecular formula is C29H32N4O3. The van der Waals surface area contributed by atoms with Crippen LogP contribution >= 0.6 is 0 Å². The van der Waals surface area contributed by atoms with Crippen LogP contribution in [0.4, 0.5) is 0 Å². The molecule has 36 heavy (non-hydrogen) atoms. The quantitative estimate of drug-likeness (QED) is 0.246. The Morgan fingerprint density at radius 2 is 1.75 bits per heavy atom. The third kappa shape index (κ3) is 5.62. The third-order valence-corrected chi connectivity index (χ3v) is 5.88. The largest absolute Gasteiger partial charge is 0.489 e. The van der Waals surface area contributed by atoms with Gasteiger partial charge in [-0.3, -0.25) is 4.68 Å². The van der Waals surface area contributed by atoms with Crippen LogP contribution in [0.15, 0.2) is 67.1 Å². The van der Waals surface area contributed by atoms with Gasteiger partial charge in [0.2, 0.25) is 0 Å². The molecule has 0 amide bonds. The van der Waals surface area contributed by atoms with Gasteiger partial charge in [0.1, 0.15) is 24.4 Å². The molecule has 0 spiro atoms. The Kier molecular flexibility index (Phi) is 8.10. The summed E-state index contributed by atoms with van der Waals surface area (Å²) in [5, 5.41) is 4.76. The molecular weight excluding hydrogens is 452 g/mol. The van der Waals surface area contributed by atoms with E-state index in [0.29, 0.717) is 41.7 Å². The van der Waals surface area contributed by atoms with Gasteiger partial charge in [0.15, 0.2) is 5.69 Å². The van der Waals surface area contributed by atoms with Crippen molar-refractivity contribution in [3.63, 3.8) is 0 Å². The van der Waals surface area contributed by atoms with E-state index in [9.17, 15) is 4.79 Å². The first-order valence-corrected chi connectivity index (χ1v) is 12.4. The molecule has 4 rings (SSSR count). The van der Waals surface area contributed by atoms with Crippen LogP contribution in [0.3, 0.4) is 0 Å². The number of nitrogens with zero attached hydrogens (tertiary/aromatic N) is 4. The zero-order valence-corrected chi connectivity index (χ0v) is 21.3. The summed E-state index contributed by atoms with van der Waals surface area (Å²) < 4.78 is 13.1. The number of benzene rings is 2. The smallest absolute Gasteiger partial charge is 0.357 e. The summed E-state index contributed by atoms with van der Waals surface area (Å²) >= 11 is 0. The van der Waals surface area contributed by atoms with Crippen molar-refractivity contribution in [3.8, 4) is 28.3 Å². The van der Waals surface area contributed by atoms with Crippen molar-refractivity contribution in [3.05, 3.63) is 83.9 Å². The summed E-state index contributed by atoms with van der Waals surface area (Å²) in [7, 11) is 0. The van der Waals surface area contributed by atoms with Crippen LogP contribution in [-0.4, -0.2) is 32.3 Å². The van der Waals surface area contributed by atoms with E-state index in [1.54, 1.807) is 23.9 Å². The van der Waals surface area contributed by atoms with Gasteiger partial charge in [0, 0.05) is 18.3 Å². The summed E-state index contributed by atoms with van der Waals surface area (Å²) in [5.41, 5.74) is 5.63. The number of rotatable bonds is 10. The van der Waals surface area contributed by atoms with E-state index in [0.717, 1.165) is 23.3 Å². The molecule has 2 aromatic carbocycles. The number of carbonyl (C=O) groups excluding carboxylic acids is 1. The monoisotopic (exact) mass is 484 g/mol. The number of aromatic nitrogens is 4. The minimum absolute atomic E-state index is 0.281. The van der Waals surface area contributed by atoms with Gasteiger partial charge in [0.05, 0.1) is 12.3 Å². The van der Waals surface area contributed by atoms with Gasteiger partial charge >= 0.3 is 5.97 Å². The number of hydrogen-bond donors (Lipinski definition) is 0. The minimum atomic E-state index is -0.404. The molecule has 0 saturated carbocycles. The maximum absolute atomic E-state index is 13.0. The highest BCUT2D eigenvalue weighted by molar-refractivity contribution is 6.00.